The van der Waals surface area contributed by atoms with Gasteiger partial charge in [-0.1, -0.05) is 54.6 Å². The quantitative estimate of drug-likeness (QED) is 0.593. The third kappa shape index (κ3) is 4.07. The minimum Gasteiger partial charge on any atom is -0.325 e. The van der Waals surface area contributed by atoms with Crippen LogP contribution in [0.1, 0.15) is 30.0 Å². The first-order chi connectivity index (χ1) is 12.5. The fraction of sp³-hybridized carbons (Fsp3) is 0.273. The molecule has 4 heteroatoms. The Morgan fingerprint density at radius 1 is 1.08 bits per heavy atom. The van der Waals surface area contributed by atoms with E-state index in [2.05, 4.69) is 37.4 Å². The molecule has 3 aromatic rings. The van der Waals surface area contributed by atoms with E-state index < -0.39 is 0 Å². The number of carbonyl (C=O) groups excluding carboxylic acids is 1. The minimum absolute atomic E-state index is 0.0251. The van der Waals surface area contributed by atoms with Crippen molar-refractivity contribution in [3.63, 3.8) is 0 Å². The summed E-state index contributed by atoms with van der Waals surface area (Å²) in [6.45, 7) is 8.19. The molecule has 0 saturated heterocycles. The van der Waals surface area contributed by atoms with Crippen LogP contribution < -0.4 is 5.32 Å². The third-order valence-corrected chi connectivity index (χ3v) is 5.75. The average Bonchev–Trinajstić information content (AvgIpc) is 2.62. The number of aryl methyl sites for hydroxylation is 3. The lowest BCUT2D eigenvalue weighted by Gasteiger charge is -2.16. The molecule has 26 heavy (non-hydrogen) atoms. The molecule has 2 aromatic carbocycles. The Balaban J connectivity index is 1.79. The van der Waals surface area contributed by atoms with Gasteiger partial charge in [0.25, 0.3) is 0 Å². The number of hydrogen-bond acceptors (Lipinski definition) is 3. The number of rotatable bonds is 5. The van der Waals surface area contributed by atoms with Gasteiger partial charge in [0.05, 0.1) is 15.8 Å². The van der Waals surface area contributed by atoms with Crippen molar-refractivity contribution in [1.29, 1.82) is 0 Å². The summed E-state index contributed by atoms with van der Waals surface area (Å²) in [5, 5.41) is 4.95. The highest BCUT2D eigenvalue weighted by atomic mass is 32.2. The third-order valence-electron chi connectivity index (χ3n) is 4.47. The SMILES string of the molecule is CCC(Sc1cc(C)c2ccccc2n1)C(=O)Nc1ccc(C)cc1C. The van der Waals surface area contributed by atoms with E-state index in [9.17, 15) is 4.79 Å². The number of pyridine rings is 1. The predicted molar refractivity (Wildman–Crippen MR) is 111 cm³/mol. The summed E-state index contributed by atoms with van der Waals surface area (Å²) in [5.41, 5.74) is 5.31. The van der Waals surface area contributed by atoms with Gasteiger partial charge in [-0.2, -0.15) is 0 Å². The van der Waals surface area contributed by atoms with Gasteiger partial charge in [0.15, 0.2) is 0 Å². The largest absolute Gasteiger partial charge is 0.325 e. The Bertz CT molecular complexity index is 952. The number of thioether (sulfide) groups is 1. The molecule has 134 valence electrons. The Morgan fingerprint density at radius 2 is 1.85 bits per heavy atom. The van der Waals surface area contributed by atoms with E-state index in [0.717, 1.165) is 33.6 Å². The van der Waals surface area contributed by atoms with E-state index in [0.29, 0.717) is 0 Å². The molecule has 0 saturated carbocycles. The summed E-state index contributed by atoms with van der Waals surface area (Å²) in [4.78, 5) is 17.5. The monoisotopic (exact) mass is 364 g/mol. The highest BCUT2D eigenvalue weighted by Gasteiger charge is 2.20. The van der Waals surface area contributed by atoms with Crippen LogP contribution in [-0.2, 0) is 4.79 Å². The average molecular weight is 365 g/mol. The first kappa shape index (κ1) is 18.5. The van der Waals surface area contributed by atoms with Crippen LogP contribution in [0.5, 0.6) is 0 Å². The maximum atomic E-state index is 12.8. The van der Waals surface area contributed by atoms with Crippen molar-refractivity contribution in [2.75, 3.05) is 5.32 Å². The second kappa shape index (κ2) is 7.92. The van der Waals surface area contributed by atoms with Gasteiger partial charge in [-0.15, -0.1) is 0 Å². The Kier molecular flexibility index (Phi) is 5.62. The second-order valence-corrected chi connectivity index (χ2v) is 7.84. The van der Waals surface area contributed by atoms with Crippen LogP contribution >= 0.6 is 11.8 Å². The zero-order valence-corrected chi connectivity index (χ0v) is 16.5. The molecule has 3 rings (SSSR count). The second-order valence-electron chi connectivity index (χ2n) is 6.62. The zero-order valence-electron chi connectivity index (χ0n) is 15.7. The molecular weight excluding hydrogens is 340 g/mol. The van der Waals surface area contributed by atoms with E-state index in [1.807, 2.05) is 44.2 Å². The summed E-state index contributed by atoms with van der Waals surface area (Å²) in [6.07, 6.45) is 0.745. The normalized spacial score (nSPS) is 12.2. The molecule has 1 heterocycles. The van der Waals surface area contributed by atoms with E-state index in [1.165, 1.54) is 22.9 Å². The van der Waals surface area contributed by atoms with Gasteiger partial charge in [-0.05, 0) is 56.5 Å². The van der Waals surface area contributed by atoms with Crippen LogP contribution in [0.2, 0.25) is 0 Å². The van der Waals surface area contributed by atoms with Gasteiger partial charge < -0.3 is 5.32 Å². The van der Waals surface area contributed by atoms with Gasteiger partial charge in [-0.3, -0.25) is 4.79 Å². The number of para-hydroxylation sites is 1. The molecule has 0 radical (unpaired) electrons. The number of anilines is 1. The van der Waals surface area contributed by atoms with E-state index in [1.54, 1.807) is 0 Å². The van der Waals surface area contributed by atoms with Crippen molar-refractivity contribution in [3.8, 4) is 0 Å². The molecule has 0 fully saturated rings. The summed E-state index contributed by atoms with van der Waals surface area (Å²) in [5.74, 6) is 0.0251. The van der Waals surface area contributed by atoms with Gasteiger partial charge in [0, 0.05) is 11.1 Å². The molecule has 0 spiro atoms. The van der Waals surface area contributed by atoms with Crippen LogP contribution in [0, 0.1) is 20.8 Å². The summed E-state index contributed by atoms with van der Waals surface area (Å²) >= 11 is 1.53. The molecule has 0 aliphatic rings. The van der Waals surface area contributed by atoms with E-state index in [-0.39, 0.29) is 11.2 Å². The van der Waals surface area contributed by atoms with Crippen LogP contribution in [0.15, 0.2) is 53.6 Å². The summed E-state index contributed by atoms with van der Waals surface area (Å²) < 4.78 is 0. The zero-order chi connectivity index (χ0) is 18.7. The number of carbonyl (C=O) groups is 1. The fourth-order valence-electron chi connectivity index (χ4n) is 3.01. The maximum absolute atomic E-state index is 12.8. The van der Waals surface area contributed by atoms with Gasteiger partial charge in [0.2, 0.25) is 5.91 Å². The van der Waals surface area contributed by atoms with E-state index >= 15 is 0 Å². The lowest BCUT2D eigenvalue weighted by Crippen LogP contribution is -2.25. The van der Waals surface area contributed by atoms with Crippen LogP contribution in [0.25, 0.3) is 10.9 Å². The number of hydrogen-bond donors (Lipinski definition) is 1. The molecule has 0 aliphatic carbocycles. The molecule has 1 unspecified atom stereocenters. The van der Waals surface area contributed by atoms with Crippen LogP contribution in [0.3, 0.4) is 0 Å². The maximum Gasteiger partial charge on any atom is 0.237 e. The molecule has 1 N–H and O–H groups in total. The number of amides is 1. The standard InChI is InChI=1S/C22H24N2OS/c1-5-20(22(25)24-18-11-10-14(2)12-16(18)4)26-21-13-15(3)17-8-6-7-9-19(17)23-21/h6-13,20H,5H2,1-4H3,(H,24,25). The van der Waals surface area contributed by atoms with Crippen molar-refractivity contribution in [1.82, 2.24) is 4.98 Å². The van der Waals surface area contributed by atoms with Gasteiger partial charge in [-0.25, -0.2) is 4.98 Å². The highest BCUT2D eigenvalue weighted by Crippen LogP contribution is 2.29. The summed E-state index contributed by atoms with van der Waals surface area (Å²) in [7, 11) is 0. The number of nitrogens with zero attached hydrogens (tertiary/aromatic N) is 1. The highest BCUT2D eigenvalue weighted by molar-refractivity contribution is 8.00. The first-order valence-electron chi connectivity index (χ1n) is 8.89. The molecule has 3 nitrogen and oxygen atoms in total. The first-order valence-corrected chi connectivity index (χ1v) is 9.77. The number of aromatic nitrogens is 1. The minimum atomic E-state index is -0.177. The molecule has 1 atom stereocenters. The molecule has 0 bridgehead atoms. The number of nitrogens with one attached hydrogen (secondary N) is 1. The lowest BCUT2D eigenvalue weighted by atomic mass is 10.1. The molecular formula is C22H24N2OS. The van der Waals surface area contributed by atoms with E-state index in [4.69, 9.17) is 4.98 Å². The Labute approximate surface area is 159 Å². The lowest BCUT2D eigenvalue weighted by molar-refractivity contribution is -0.115. The molecule has 1 aromatic heterocycles. The van der Waals surface area contributed by atoms with Crippen molar-refractivity contribution in [2.24, 2.45) is 0 Å². The fourth-order valence-corrected chi connectivity index (χ4v) is 4.03. The van der Waals surface area contributed by atoms with Crippen molar-refractivity contribution >= 4 is 34.3 Å². The van der Waals surface area contributed by atoms with Crippen molar-refractivity contribution < 1.29 is 4.79 Å². The topological polar surface area (TPSA) is 42.0 Å². The van der Waals surface area contributed by atoms with Crippen LogP contribution in [-0.4, -0.2) is 16.1 Å². The predicted octanol–water partition coefficient (Wildman–Crippen LogP) is 5.67. The Hall–Kier alpha value is -2.33. The molecule has 0 aliphatic heterocycles. The van der Waals surface area contributed by atoms with Crippen LogP contribution in [0.4, 0.5) is 5.69 Å². The Morgan fingerprint density at radius 3 is 2.58 bits per heavy atom. The smallest absolute Gasteiger partial charge is 0.237 e. The van der Waals surface area contributed by atoms with Crippen molar-refractivity contribution in [2.45, 2.75) is 44.4 Å². The summed E-state index contributed by atoms with van der Waals surface area (Å²) in [6, 6.07) is 16.3. The number of fused-ring (bicyclic) bond motifs is 1. The van der Waals surface area contributed by atoms with Gasteiger partial charge in [0.1, 0.15) is 0 Å². The van der Waals surface area contributed by atoms with Gasteiger partial charge >= 0.3 is 0 Å². The van der Waals surface area contributed by atoms with Crippen molar-refractivity contribution in [3.05, 3.63) is 65.2 Å². The number of benzene rings is 2. The molecule has 1 amide bonds.